The van der Waals surface area contributed by atoms with E-state index in [1.54, 1.807) is 18.6 Å². The molecule has 0 spiro atoms. The van der Waals surface area contributed by atoms with Gasteiger partial charge in [-0.3, -0.25) is 4.68 Å². The molecule has 9 heteroatoms. The molecule has 4 rings (SSSR count). The Morgan fingerprint density at radius 1 is 1.28 bits per heavy atom. The van der Waals surface area contributed by atoms with E-state index in [2.05, 4.69) is 31.8 Å². The van der Waals surface area contributed by atoms with E-state index in [1.807, 2.05) is 60.0 Å². The Morgan fingerprint density at radius 3 is 2.91 bits per heavy atom. The third kappa shape index (κ3) is 4.94. The van der Waals surface area contributed by atoms with Crippen molar-refractivity contribution in [2.24, 2.45) is 16.6 Å². The maximum Gasteiger partial charge on any atom is 0.132 e. The lowest BCUT2D eigenvalue weighted by molar-refractivity contribution is 0.533. The molecule has 0 saturated heterocycles. The van der Waals surface area contributed by atoms with Crippen LogP contribution in [0.15, 0.2) is 89.4 Å². The highest BCUT2D eigenvalue weighted by atomic mass is 15.3. The van der Waals surface area contributed by atoms with Crippen molar-refractivity contribution in [2.45, 2.75) is 26.9 Å². The number of aliphatic imine (C=N–C) groups is 1. The molecule has 4 heterocycles. The first-order valence-electron chi connectivity index (χ1n) is 10.4. The van der Waals surface area contributed by atoms with E-state index in [0.29, 0.717) is 11.7 Å². The Hall–Kier alpha value is -4.14. The van der Waals surface area contributed by atoms with Crippen LogP contribution in [0, 0.1) is 11.3 Å². The molecular weight excluding hydrogens is 402 g/mol. The average Bonchev–Trinajstić information content (AvgIpc) is 3.47. The molecule has 2 aromatic heterocycles. The zero-order chi connectivity index (χ0) is 22.5. The van der Waals surface area contributed by atoms with Crippen LogP contribution in [0.1, 0.15) is 19.4 Å². The van der Waals surface area contributed by atoms with Gasteiger partial charge < -0.3 is 26.3 Å². The first-order valence-corrected chi connectivity index (χ1v) is 10.4. The fourth-order valence-corrected chi connectivity index (χ4v) is 3.31. The number of nitrogens with one attached hydrogen (secondary N) is 3. The lowest BCUT2D eigenvalue weighted by Gasteiger charge is -2.22. The highest BCUT2D eigenvalue weighted by molar-refractivity contribution is 5.97. The van der Waals surface area contributed by atoms with Gasteiger partial charge in [-0.2, -0.15) is 5.10 Å². The van der Waals surface area contributed by atoms with Crippen molar-refractivity contribution in [3.05, 3.63) is 90.0 Å². The Kier molecular flexibility index (Phi) is 6.16. The summed E-state index contributed by atoms with van der Waals surface area (Å²) in [5, 5.41) is 18.6. The van der Waals surface area contributed by atoms with Crippen LogP contribution >= 0.6 is 0 Å². The number of hydrogen-bond donors (Lipinski definition) is 4. The molecule has 2 aliphatic heterocycles. The van der Waals surface area contributed by atoms with Crippen molar-refractivity contribution in [3.8, 4) is 0 Å². The summed E-state index contributed by atoms with van der Waals surface area (Å²) >= 11 is 0. The number of imidazole rings is 1. The van der Waals surface area contributed by atoms with E-state index in [9.17, 15) is 0 Å². The number of fused-ring (bicyclic) bond motifs is 1. The number of allylic oxidation sites excluding steroid dienone is 5. The Bertz CT molecular complexity index is 1170. The van der Waals surface area contributed by atoms with Crippen molar-refractivity contribution >= 4 is 17.6 Å². The van der Waals surface area contributed by atoms with Crippen LogP contribution in [0.5, 0.6) is 0 Å². The summed E-state index contributed by atoms with van der Waals surface area (Å²) in [4.78, 5) is 8.52. The van der Waals surface area contributed by atoms with Gasteiger partial charge in [-0.25, -0.2) is 9.98 Å². The van der Waals surface area contributed by atoms with Crippen molar-refractivity contribution in [1.82, 2.24) is 30.0 Å². The predicted molar refractivity (Wildman–Crippen MR) is 126 cm³/mol. The van der Waals surface area contributed by atoms with Crippen LogP contribution in [0.2, 0.25) is 0 Å². The molecule has 5 N–H and O–H groups in total. The van der Waals surface area contributed by atoms with Crippen molar-refractivity contribution < 1.29 is 0 Å². The minimum atomic E-state index is 0.208. The van der Waals surface area contributed by atoms with Crippen LogP contribution in [0.4, 0.5) is 0 Å². The molecule has 9 nitrogen and oxygen atoms in total. The van der Waals surface area contributed by atoms with Crippen molar-refractivity contribution in [1.29, 1.82) is 5.41 Å². The largest absolute Gasteiger partial charge is 0.384 e. The molecule has 164 valence electrons. The second-order valence-corrected chi connectivity index (χ2v) is 7.83. The third-order valence-corrected chi connectivity index (χ3v) is 5.15. The molecule has 0 aliphatic carbocycles. The van der Waals surface area contributed by atoms with Gasteiger partial charge in [-0.1, -0.05) is 13.8 Å². The molecule has 0 fully saturated rings. The van der Waals surface area contributed by atoms with Crippen molar-refractivity contribution in [3.63, 3.8) is 0 Å². The third-order valence-electron chi connectivity index (χ3n) is 5.15. The minimum absolute atomic E-state index is 0.208. The molecule has 2 aromatic rings. The average molecular weight is 430 g/mol. The number of amidine groups is 1. The Morgan fingerprint density at radius 2 is 2.16 bits per heavy atom. The lowest BCUT2D eigenvalue weighted by atomic mass is 10.0. The number of nitrogens with two attached hydrogens (primary N) is 1. The SMILES string of the molecule is CC(C)C(C=N)=CC(N)=NC1=CC=C2NC=C(c3cnn(CCn4ccnc4)c3)C=C2N1. The van der Waals surface area contributed by atoms with Gasteiger partial charge in [0.15, 0.2) is 0 Å². The van der Waals surface area contributed by atoms with Crippen LogP contribution in [-0.4, -0.2) is 31.4 Å². The summed E-state index contributed by atoms with van der Waals surface area (Å²) < 4.78 is 3.95. The maximum atomic E-state index is 7.51. The van der Waals surface area contributed by atoms with E-state index >= 15 is 0 Å². The van der Waals surface area contributed by atoms with Gasteiger partial charge in [0, 0.05) is 48.7 Å². The maximum absolute atomic E-state index is 7.51. The molecule has 0 radical (unpaired) electrons. The second kappa shape index (κ2) is 9.34. The van der Waals surface area contributed by atoms with Crippen LogP contribution in [0.25, 0.3) is 5.57 Å². The molecule has 0 amide bonds. The fraction of sp³-hybridized carbons (Fsp3) is 0.217. The van der Waals surface area contributed by atoms with Gasteiger partial charge in [0.05, 0.1) is 30.5 Å². The zero-order valence-corrected chi connectivity index (χ0v) is 18.2. The summed E-state index contributed by atoms with van der Waals surface area (Å²) in [6.45, 7) is 5.61. The topological polar surface area (TPSA) is 122 Å². The van der Waals surface area contributed by atoms with Gasteiger partial charge in [-0.15, -0.1) is 0 Å². The summed E-state index contributed by atoms with van der Waals surface area (Å²) in [5.74, 6) is 1.20. The van der Waals surface area contributed by atoms with Crippen molar-refractivity contribution in [2.75, 3.05) is 0 Å². The summed E-state index contributed by atoms with van der Waals surface area (Å²) in [7, 11) is 0. The van der Waals surface area contributed by atoms with Crippen LogP contribution < -0.4 is 16.4 Å². The minimum Gasteiger partial charge on any atom is -0.384 e. The number of rotatable bonds is 8. The molecule has 0 atom stereocenters. The number of aryl methyl sites for hydroxylation is 2. The number of nitrogens with zero attached hydrogens (tertiary/aromatic N) is 5. The first-order chi connectivity index (χ1) is 15.5. The highest BCUT2D eigenvalue weighted by Gasteiger charge is 2.17. The second-order valence-electron chi connectivity index (χ2n) is 7.83. The lowest BCUT2D eigenvalue weighted by Crippen LogP contribution is -2.26. The highest BCUT2D eigenvalue weighted by Crippen LogP contribution is 2.25. The van der Waals surface area contributed by atoms with Gasteiger partial charge in [0.25, 0.3) is 0 Å². The summed E-state index contributed by atoms with van der Waals surface area (Å²) in [6, 6.07) is 0. The van der Waals surface area contributed by atoms with Gasteiger partial charge in [-0.05, 0) is 35.8 Å². The Balaban J connectivity index is 1.45. The standard InChI is InChI=1S/C23H27N9/c1-16(2)17(11-24)10-22(25)30-23-4-3-20-21(29-23)9-18(12-27-20)19-13-28-32(14-19)8-7-31-6-5-26-15-31/h3-6,9-16,24,27,29H,7-8H2,1-2H3,(H2,25,30). The number of hydrogen-bond acceptors (Lipinski definition) is 6. The number of dihydropyridines is 2. The zero-order valence-electron chi connectivity index (χ0n) is 18.2. The van der Waals surface area contributed by atoms with E-state index in [-0.39, 0.29) is 5.92 Å². The monoisotopic (exact) mass is 429 g/mol. The van der Waals surface area contributed by atoms with Gasteiger partial charge in [0.1, 0.15) is 11.7 Å². The summed E-state index contributed by atoms with van der Waals surface area (Å²) in [5.41, 5.74) is 10.8. The summed E-state index contributed by atoms with van der Waals surface area (Å²) in [6.07, 6.45) is 20.3. The molecular formula is C23H27N9. The van der Waals surface area contributed by atoms with E-state index in [0.717, 1.165) is 41.2 Å². The molecule has 0 aromatic carbocycles. The predicted octanol–water partition coefficient (Wildman–Crippen LogP) is 2.53. The molecule has 32 heavy (non-hydrogen) atoms. The fourth-order valence-electron chi connectivity index (χ4n) is 3.31. The quantitative estimate of drug-likeness (QED) is 0.379. The van der Waals surface area contributed by atoms with E-state index < -0.39 is 0 Å². The molecule has 0 bridgehead atoms. The van der Waals surface area contributed by atoms with E-state index in [4.69, 9.17) is 11.1 Å². The molecule has 0 saturated carbocycles. The molecule has 2 aliphatic rings. The van der Waals surface area contributed by atoms with Crippen LogP contribution in [-0.2, 0) is 13.1 Å². The van der Waals surface area contributed by atoms with Crippen LogP contribution in [0.3, 0.4) is 0 Å². The van der Waals surface area contributed by atoms with Gasteiger partial charge in [0.2, 0.25) is 0 Å². The van der Waals surface area contributed by atoms with Gasteiger partial charge >= 0.3 is 0 Å². The smallest absolute Gasteiger partial charge is 0.132 e. The normalized spacial score (nSPS) is 16.3. The molecule has 0 unspecified atom stereocenters. The van der Waals surface area contributed by atoms with E-state index in [1.165, 1.54) is 6.21 Å². The number of aromatic nitrogens is 4. The Labute approximate surface area is 186 Å². The first kappa shape index (κ1) is 21.1.